The Morgan fingerprint density at radius 3 is 2.72 bits per heavy atom. The van der Waals surface area contributed by atoms with E-state index in [0.717, 1.165) is 23.2 Å². The van der Waals surface area contributed by atoms with Crippen molar-refractivity contribution in [2.24, 2.45) is 0 Å². The molecule has 1 heterocycles. The predicted molar refractivity (Wildman–Crippen MR) is 116 cm³/mol. The first-order valence-corrected chi connectivity index (χ1v) is 10.1. The van der Waals surface area contributed by atoms with E-state index in [4.69, 9.17) is 16.3 Å². The quantitative estimate of drug-likeness (QED) is 0.754. The smallest absolute Gasteiger partial charge is 0.262 e. The minimum Gasteiger partial charge on any atom is -0.477 e. The third-order valence-corrected chi connectivity index (χ3v) is 5.03. The van der Waals surface area contributed by atoms with Crippen LogP contribution in [0, 0.1) is 13.8 Å². The molecule has 0 aliphatic carbocycles. The number of carbonyl (C=O) groups excluding carboxylic acids is 2. The molecule has 0 fully saturated rings. The van der Waals surface area contributed by atoms with Crippen LogP contribution in [0.3, 0.4) is 0 Å². The second-order valence-corrected chi connectivity index (χ2v) is 7.64. The van der Waals surface area contributed by atoms with E-state index in [1.165, 1.54) is 0 Å². The molecular formula is C22H26ClN3O3. The SMILES string of the molecule is CCCNC(=O)[C@H]1CN(CC(=O)Nc2c(C)cc(C)cc2Cl)c2ccccc2O1. The van der Waals surface area contributed by atoms with Crippen LogP contribution in [0.4, 0.5) is 11.4 Å². The molecule has 1 aliphatic heterocycles. The molecular weight excluding hydrogens is 390 g/mol. The van der Waals surface area contributed by atoms with Crippen molar-refractivity contribution in [2.75, 3.05) is 29.9 Å². The van der Waals surface area contributed by atoms with Gasteiger partial charge in [0.1, 0.15) is 5.75 Å². The fourth-order valence-corrected chi connectivity index (χ4v) is 3.75. The summed E-state index contributed by atoms with van der Waals surface area (Å²) in [5.74, 6) is 0.209. The monoisotopic (exact) mass is 415 g/mol. The third-order valence-electron chi connectivity index (χ3n) is 4.73. The summed E-state index contributed by atoms with van der Waals surface area (Å²) in [6, 6.07) is 11.2. The Bertz CT molecular complexity index is 893. The third kappa shape index (κ3) is 5.01. The van der Waals surface area contributed by atoms with Crippen molar-refractivity contribution in [2.45, 2.75) is 33.3 Å². The van der Waals surface area contributed by atoms with Crippen LogP contribution in [0.15, 0.2) is 36.4 Å². The van der Waals surface area contributed by atoms with E-state index in [-0.39, 0.29) is 18.4 Å². The van der Waals surface area contributed by atoms with Gasteiger partial charge in [-0.2, -0.15) is 0 Å². The summed E-state index contributed by atoms with van der Waals surface area (Å²) in [5, 5.41) is 6.28. The summed E-state index contributed by atoms with van der Waals surface area (Å²) >= 11 is 6.31. The van der Waals surface area contributed by atoms with Gasteiger partial charge in [-0.1, -0.05) is 36.7 Å². The van der Waals surface area contributed by atoms with Gasteiger partial charge < -0.3 is 20.3 Å². The molecule has 7 heteroatoms. The fourth-order valence-electron chi connectivity index (χ4n) is 3.38. The van der Waals surface area contributed by atoms with Crippen LogP contribution < -0.4 is 20.3 Å². The van der Waals surface area contributed by atoms with Gasteiger partial charge in [-0.15, -0.1) is 0 Å². The molecule has 0 saturated heterocycles. The summed E-state index contributed by atoms with van der Waals surface area (Å²) in [5.41, 5.74) is 3.34. The minimum absolute atomic E-state index is 0.0849. The number of ether oxygens (including phenoxy) is 1. The molecule has 1 atom stereocenters. The summed E-state index contributed by atoms with van der Waals surface area (Å²) in [4.78, 5) is 27.1. The molecule has 2 N–H and O–H groups in total. The van der Waals surface area contributed by atoms with Crippen molar-refractivity contribution >= 4 is 34.8 Å². The number of para-hydroxylation sites is 2. The van der Waals surface area contributed by atoms with E-state index < -0.39 is 6.10 Å². The summed E-state index contributed by atoms with van der Waals surface area (Å²) in [6.45, 7) is 6.83. The normalized spacial score (nSPS) is 15.3. The van der Waals surface area contributed by atoms with Gasteiger partial charge in [-0.25, -0.2) is 0 Å². The van der Waals surface area contributed by atoms with Crippen LogP contribution in [-0.2, 0) is 9.59 Å². The number of benzene rings is 2. The van der Waals surface area contributed by atoms with Crippen molar-refractivity contribution in [1.29, 1.82) is 0 Å². The zero-order chi connectivity index (χ0) is 21.0. The second-order valence-electron chi connectivity index (χ2n) is 7.23. The Kier molecular flexibility index (Phi) is 6.64. The maximum Gasteiger partial charge on any atom is 0.262 e. The van der Waals surface area contributed by atoms with Gasteiger partial charge in [-0.3, -0.25) is 9.59 Å². The second kappa shape index (κ2) is 9.18. The van der Waals surface area contributed by atoms with Crippen molar-refractivity contribution in [1.82, 2.24) is 5.32 Å². The van der Waals surface area contributed by atoms with Gasteiger partial charge in [0.25, 0.3) is 5.91 Å². The lowest BCUT2D eigenvalue weighted by molar-refractivity contribution is -0.128. The van der Waals surface area contributed by atoms with Crippen molar-refractivity contribution in [3.05, 3.63) is 52.5 Å². The van der Waals surface area contributed by atoms with Crippen LogP contribution in [-0.4, -0.2) is 37.6 Å². The molecule has 0 radical (unpaired) electrons. The Labute approximate surface area is 176 Å². The Morgan fingerprint density at radius 2 is 2.00 bits per heavy atom. The van der Waals surface area contributed by atoms with Gasteiger partial charge in [0.05, 0.1) is 29.5 Å². The number of anilines is 2. The summed E-state index contributed by atoms with van der Waals surface area (Å²) in [7, 11) is 0. The molecule has 29 heavy (non-hydrogen) atoms. The first kappa shape index (κ1) is 21.0. The molecule has 6 nitrogen and oxygen atoms in total. The number of nitrogens with one attached hydrogen (secondary N) is 2. The van der Waals surface area contributed by atoms with Gasteiger partial charge in [0.2, 0.25) is 5.91 Å². The van der Waals surface area contributed by atoms with Gasteiger partial charge in [0.15, 0.2) is 6.10 Å². The zero-order valence-electron chi connectivity index (χ0n) is 16.9. The standard InChI is InChI=1S/C22H26ClN3O3/c1-4-9-24-22(28)19-12-26(17-7-5-6-8-18(17)29-19)13-20(27)25-21-15(3)10-14(2)11-16(21)23/h5-8,10-11,19H,4,9,12-13H2,1-3H3,(H,24,28)(H,25,27)/t19-/m1/s1. The van der Waals surface area contributed by atoms with E-state index >= 15 is 0 Å². The molecule has 0 aromatic heterocycles. The highest BCUT2D eigenvalue weighted by atomic mass is 35.5. The molecule has 2 amide bonds. The van der Waals surface area contributed by atoms with E-state index in [1.54, 1.807) is 6.07 Å². The largest absolute Gasteiger partial charge is 0.477 e. The molecule has 0 bridgehead atoms. The fraction of sp³-hybridized carbons (Fsp3) is 0.364. The van der Waals surface area contributed by atoms with Gasteiger partial charge >= 0.3 is 0 Å². The number of hydrogen-bond donors (Lipinski definition) is 2. The molecule has 1 aliphatic rings. The summed E-state index contributed by atoms with van der Waals surface area (Å²) in [6.07, 6.45) is 0.173. The summed E-state index contributed by atoms with van der Waals surface area (Å²) < 4.78 is 5.87. The lowest BCUT2D eigenvalue weighted by atomic mass is 10.1. The average molecular weight is 416 g/mol. The molecule has 3 rings (SSSR count). The van der Waals surface area contributed by atoms with Crippen molar-refractivity contribution in [3.8, 4) is 5.75 Å². The molecule has 0 spiro atoms. The minimum atomic E-state index is -0.672. The van der Waals surface area contributed by atoms with Crippen LogP contribution in [0.1, 0.15) is 24.5 Å². The number of rotatable bonds is 6. The van der Waals surface area contributed by atoms with E-state index in [2.05, 4.69) is 10.6 Å². The number of hydrogen-bond acceptors (Lipinski definition) is 4. The molecule has 0 saturated carbocycles. The zero-order valence-corrected chi connectivity index (χ0v) is 17.7. The Morgan fingerprint density at radius 1 is 1.24 bits per heavy atom. The molecule has 2 aromatic carbocycles. The Balaban J connectivity index is 1.76. The molecule has 2 aromatic rings. The first-order chi connectivity index (χ1) is 13.9. The van der Waals surface area contributed by atoms with E-state index in [1.807, 2.05) is 56.0 Å². The Hall–Kier alpha value is -2.73. The van der Waals surface area contributed by atoms with E-state index in [0.29, 0.717) is 29.5 Å². The number of carbonyl (C=O) groups is 2. The highest BCUT2D eigenvalue weighted by molar-refractivity contribution is 6.34. The number of amides is 2. The van der Waals surface area contributed by atoms with Crippen LogP contribution >= 0.6 is 11.6 Å². The number of fused-ring (bicyclic) bond motifs is 1. The number of nitrogens with zero attached hydrogens (tertiary/aromatic N) is 1. The van der Waals surface area contributed by atoms with Gasteiger partial charge in [-0.05, 0) is 49.6 Å². The van der Waals surface area contributed by atoms with E-state index in [9.17, 15) is 9.59 Å². The topological polar surface area (TPSA) is 70.7 Å². The van der Waals surface area contributed by atoms with Crippen LogP contribution in [0.5, 0.6) is 5.75 Å². The number of aryl methyl sites for hydroxylation is 2. The lowest BCUT2D eigenvalue weighted by Crippen LogP contribution is -2.50. The van der Waals surface area contributed by atoms with Crippen molar-refractivity contribution in [3.63, 3.8) is 0 Å². The van der Waals surface area contributed by atoms with Gasteiger partial charge in [0, 0.05) is 6.54 Å². The average Bonchev–Trinajstić information content (AvgIpc) is 2.68. The number of halogens is 1. The lowest BCUT2D eigenvalue weighted by Gasteiger charge is -2.35. The molecule has 154 valence electrons. The van der Waals surface area contributed by atoms with Crippen LogP contribution in [0.2, 0.25) is 5.02 Å². The van der Waals surface area contributed by atoms with Crippen molar-refractivity contribution < 1.29 is 14.3 Å². The molecule has 0 unspecified atom stereocenters. The van der Waals surface area contributed by atoms with Crippen LogP contribution in [0.25, 0.3) is 0 Å². The highest BCUT2D eigenvalue weighted by Gasteiger charge is 2.31. The first-order valence-electron chi connectivity index (χ1n) is 9.74. The maximum absolute atomic E-state index is 12.8. The predicted octanol–water partition coefficient (Wildman–Crippen LogP) is 3.69. The highest BCUT2D eigenvalue weighted by Crippen LogP contribution is 2.33. The maximum atomic E-state index is 12.8.